The fraction of sp³-hybridized carbons (Fsp3) is 0.450. The second-order valence-electron chi connectivity index (χ2n) is 7.22. The first kappa shape index (κ1) is 13.8. The predicted molar refractivity (Wildman–Crippen MR) is 89.7 cm³/mol. The van der Waals surface area contributed by atoms with Gasteiger partial charge in [0.1, 0.15) is 0 Å². The fourth-order valence-corrected chi connectivity index (χ4v) is 4.84. The first-order chi connectivity index (χ1) is 10.6. The molecule has 2 fully saturated rings. The summed E-state index contributed by atoms with van der Waals surface area (Å²) in [5.74, 6) is 2.22. The van der Waals surface area contributed by atoms with E-state index in [4.69, 9.17) is 0 Å². The number of hydrogen-bond donors (Lipinski definition) is 0. The van der Waals surface area contributed by atoms with Crippen molar-refractivity contribution in [1.82, 2.24) is 4.90 Å². The van der Waals surface area contributed by atoms with Gasteiger partial charge in [-0.15, -0.1) is 0 Å². The average Bonchev–Trinajstić information content (AvgIpc) is 3.14. The zero-order valence-electron chi connectivity index (χ0n) is 13.3. The van der Waals surface area contributed by atoms with Gasteiger partial charge in [0.2, 0.25) is 5.91 Å². The van der Waals surface area contributed by atoms with Crippen molar-refractivity contribution in [3.63, 3.8) is 0 Å². The fourth-order valence-electron chi connectivity index (χ4n) is 4.84. The normalized spacial score (nSPS) is 29.9. The lowest BCUT2D eigenvalue weighted by Gasteiger charge is -2.32. The Hall–Kier alpha value is -1.83. The van der Waals surface area contributed by atoms with Crippen LogP contribution in [0.15, 0.2) is 42.5 Å². The maximum absolute atomic E-state index is 12.7. The van der Waals surface area contributed by atoms with Crippen LogP contribution in [0.1, 0.15) is 30.7 Å². The molecule has 0 saturated heterocycles. The van der Waals surface area contributed by atoms with Crippen molar-refractivity contribution in [3.05, 3.63) is 48.0 Å². The van der Waals surface area contributed by atoms with Crippen LogP contribution in [0.5, 0.6) is 0 Å². The molecule has 2 unspecified atom stereocenters. The second-order valence-corrected chi connectivity index (χ2v) is 7.22. The Labute approximate surface area is 132 Å². The maximum atomic E-state index is 12.7. The highest BCUT2D eigenvalue weighted by Crippen LogP contribution is 2.57. The standard InChI is InChI=1S/C20H23NO/c1-21(2)20(22)19-17-10-9-16(12-17)18(19)15-8-7-13-5-3-4-6-14(13)11-15/h3-8,11,16-19H,9-10,12H2,1-2H3/t16-,17+,18?,19?/m1/s1. The Morgan fingerprint density at radius 1 is 1.00 bits per heavy atom. The first-order valence-electron chi connectivity index (χ1n) is 8.35. The lowest BCUT2D eigenvalue weighted by atomic mass is 9.74. The van der Waals surface area contributed by atoms with Gasteiger partial charge in [-0.3, -0.25) is 4.79 Å². The summed E-state index contributed by atoms with van der Waals surface area (Å²) in [4.78, 5) is 14.5. The second kappa shape index (κ2) is 5.12. The third kappa shape index (κ3) is 2.05. The van der Waals surface area contributed by atoms with E-state index in [1.165, 1.54) is 35.6 Å². The minimum absolute atomic E-state index is 0.190. The summed E-state index contributed by atoms with van der Waals surface area (Å²) in [5, 5.41) is 2.57. The van der Waals surface area contributed by atoms with E-state index in [0.717, 1.165) is 0 Å². The van der Waals surface area contributed by atoms with Crippen LogP contribution < -0.4 is 0 Å². The molecule has 2 aliphatic carbocycles. The van der Waals surface area contributed by atoms with Gasteiger partial charge in [-0.05, 0) is 53.4 Å². The van der Waals surface area contributed by atoms with E-state index in [0.29, 0.717) is 23.7 Å². The van der Waals surface area contributed by atoms with E-state index in [1.807, 2.05) is 14.1 Å². The van der Waals surface area contributed by atoms with Gasteiger partial charge < -0.3 is 4.90 Å². The van der Waals surface area contributed by atoms with Crippen LogP contribution in [0, 0.1) is 17.8 Å². The van der Waals surface area contributed by atoms with Gasteiger partial charge in [-0.1, -0.05) is 42.5 Å². The van der Waals surface area contributed by atoms with Gasteiger partial charge >= 0.3 is 0 Å². The molecule has 2 aliphatic rings. The van der Waals surface area contributed by atoms with Crippen LogP contribution in [0.2, 0.25) is 0 Å². The molecular weight excluding hydrogens is 270 g/mol. The van der Waals surface area contributed by atoms with Crippen molar-refractivity contribution >= 4 is 16.7 Å². The number of rotatable bonds is 2. The average molecular weight is 293 g/mol. The van der Waals surface area contributed by atoms with Gasteiger partial charge in [0.05, 0.1) is 0 Å². The van der Waals surface area contributed by atoms with Crippen LogP contribution in [0.25, 0.3) is 10.8 Å². The molecule has 0 heterocycles. The number of fused-ring (bicyclic) bond motifs is 3. The van der Waals surface area contributed by atoms with Gasteiger partial charge in [0, 0.05) is 20.0 Å². The summed E-state index contributed by atoms with van der Waals surface area (Å²) < 4.78 is 0. The van der Waals surface area contributed by atoms with Crippen LogP contribution in [0.3, 0.4) is 0 Å². The number of benzene rings is 2. The van der Waals surface area contributed by atoms with Crippen molar-refractivity contribution in [2.45, 2.75) is 25.2 Å². The van der Waals surface area contributed by atoms with E-state index >= 15 is 0 Å². The first-order valence-corrected chi connectivity index (χ1v) is 8.35. The third-order valence-electron chi connectivity index (χ3n) is 5.80. The highest BCUT2D eigenvalue weighted by atomic mass is 16.2. The van der Waals surface area contributed by atoms with Crippen molar-refractivity contribution < 1.29 is 4.79 Å². The number of hydrogen-bond acceptors (Lipinski definition) is 1. The summed E-state index contributed by atoms with van der Waals surface area (Å²) in [6.07, 6.45) is 3.76. The van der Waals surface area contributed by atoms with Crippen LogP contribution in [0.4, 0.5) is 0 Å². The van der Waals surface area contributed by atoms with Gasteiger partial charge in [-0.25, -0.2) is 0 Å². The summed E-state index contributed by atoms with van der Waals surface area (Å²) in [5.41, 5.74) is 1.37. The zero-order valence-corrected chi connectivity index (χ0v) is 13.3. The lowest BCUT2D eigenvalue weighted by Crippen LogP contribution is -2.36. The molecule has 0 N–H and O–H groups in total. The minimum Gasteiger partial charge on any atom is -0.349 e. The monoisotopic (exact) mass is 293 g/mol. The van der Waals surface area contributed by atoms with E-state index < -0.39 is 0 Å². The molecule has 2 bridgehead atoms. The molecule has 0 aliphatic heterocycles. The third-order valence-corrected chi connectivity index (χ3v) is 5.80. The molecule has 4 rings (SSSR count). The molecule has 22 heavy (non-hydrogen) atoms. The highest BCUT2D eigenvalue weighted by molar-refractivity contribution is 5.84. The molecule has 0 radical (unpaired) electrons. The smallest absolute Gasteiger partial charge is 0.226 e. The van der Waals surface area contributed by atoms with Gasteiger partial charge in [0.15, 0.2) is 0 Å². The lowest BCUT2D eigenvalue weighted by molar-refractivity contribution is -0.135. The molecule has 0 spiro atoms. The molecule has 114 valence electrons. The van der Waals surface area contributed by atoms with Crippen molar-refractivity contribution in [3.8, 4) is 0 Å². The molecule has 0 aromatic heterocycles. The van der Waals surface area contributed by atoms with Crippen LogP contribution >= 0.6 is 0 Å². The molecule has 1 amide bonds. The minimum atomic E-state index is 0.190. The molecule has 4 atom stereocenters. The van der Waals surface area contributed by atoms with E-state index in [9.17, 15) is 4.79 Å². The Balaban J connectivity index is 1.76. The number of carbonyl (C=O) groups excluding carboxylic acids is 1. The quantitative estimate of drug-likeness (QED) is 0.817. The van der Waals surface area contributed by atoms with Crippen molar-refractivity contribution in [2.75, 3.05) is 14.1 Å². The van der Waals surface area contributed by atoms with E-state index in [2.05, 4.69) is 42.5 Å². The Morgan fingerprint density at radius 3 is 2.50 bits per heavy atom. The molecule has 2 nitrogen and oxygen atoms in total. The van der Waals surface area contributed by atoms with Gasteiger partial charge in [-0.2, -0.15) is 0 Å². The highest BCUT2D eigenvalue weighted by Gasteiger charge is 2.51. The Morgan fingerprint density at radius 2 is 1.73 bits per heavy atom. The van der Waals surface area contributed by atoms with Gasteiger partial charge in [0.25, 0.3) is 0 Å². The number of carbonyl (C=O) groups is 1. The largest absolute Gasteiger partial charge is 0.349 e. The van der Waals surface area contributed by atoms with Crippen molar-refractivity contribution in [1.29, 1.82) is 0 Å². The topological polar surface area (TPSA) is 20.3 Å². The van der Waals surface area contributed by atoms with E-state index in [-0.39, 0.29) is 5.92 Å². The molecule has 2 saturated carbocycles. The number of amides is 1. The summed E-state index contributed by atoms with van der Waals surface area (Å²) >= 11 is 0. The molecule has 2 aromatic carbocycles. The summed E-state index contributed by atoms with van der Waals surface area (Å²) in [6.45, 7) is 0. The summed E-state index contributed by atoms with van der Waals surface area (Å²) in [6, 6.07) is 15.3. The molecule has 2 aromatic rings. The maximum Gasteiger partial charge on any atom is 0.226 e. The Bertz CT molecular complexity index is 720. The van der Waals surface area contributed by atoms with E-state index in [1.54, 1.807) is 4.90 Å². The van der Waals surface area contributed by atoms with Crippen LogP contribution in [-0.4, -0.2) is 24.9 Å². The van der Waals surface area contributed by atoms with Crippen LogP contribution in [-0.2, 0) is 4.79 Å². The number of nitrogens with zero attached hydrogens (tertiary/aromatic N) is 1. The summed E-state index contributed by atoms with van der Waals surface area (Å²) in [7, 11) is 3.79. The molecular formula is C20H23NO. The predicted octanol–water partition coefficient (Wildman–Crippen LogP) is 4.06. The zero-order chi connectivity index (χ0) is 15.3. The SMILES string of the molecule is CN(C)C(=O)C1C(c2ccc3ccccc3c2)[C@@H]2CC[C@H]1C2. The molecule has 2 heteroatoms. The van der Waals surface area contributed by atoms with Crippen molar-refractivity contribution in [2.24, 2.45) is 17.8 Å². The Kier molecular flexibility index (Phi) is 3.21.